The second-order valence-corrected chi connectivity index (χ2v) is 6.65. The van der Waals surface area contributed by atoms with Crippen LogP contribution in [0, 0.1) is 0 Å². The van der Waals surface area contributed by atoms with Gasteiger partial charge in [-0.05, 0) is 31.2 Å². The summed E-state index contributed by atoms with van der Waals surface area (Å²) < 4.78 is 11.4. The van der Waals surface area contributed by atoms with Crippen LogP contribution in [0.25, 0.3) is 11.0 Å². The van der Waals surface area contributed by atoms with Crippen LogP contribution in [0.2, 0.25) is 0 Å². The van der Waals surface area contributed by atoms with Gasteiger partial charge in [-0.1, -0.05) is 24.3 Å². The lowest BCUT2D eigenvalue weighted by molar-refractivity contribution is 0.0715. The number of benzene rings is 2. The Balaban J connectivity index is 1.50. The number of piperazine rings is 1. The quantitative estimate of drug-likeness (QED) is 0.698. The summed E-state index contributed by atoms with van der Waals surface area (Å²) in [5, 5.41) is 0.483. The molecule has 0 bridgehead atoms. The predicted molar refractivity (Wildman–Crippen MR) is 108 cm³/mol. The number of carbonyl (C=O) groups is 1. The highest BCUT2D eigenvalue weighted by Gasteiger charge is 2.25. The van der Waals surface area contributed by atoms with Gasteiger partial charge in [0.2, 0.25) is 0 Å². The monoisotopic (exact) mass is 378 g/mol. The van der Waals surface area contributed by atoms with Crippen molar-refractivity contribution in [1.29, 1.82) is 0 Å². The number of ether oxygens (including phenoxy) is 1. The minimum Gasteiger partial charge on any atom is -0.492 e. The third kappa shape index (κ3) is 3.45. The maximum atomic E-state index is 12.9. The first kappa shape index (κ1) is 18.1. The summed E-state index contributed by atoms with van der Waals surface area (Å²) >= 11 is 0. The van der Waals surface area contributed by atoms with Crippen LogP contribution in [-0.2, 0) is 0 Å². The van der Waals surface area contributed by atoms with E-state index in [1.807, 2.05) is 31.2 Å². The Morgan fingerprint density at radius 2 is 1.75 bits per heavy atom. The minimum absolute atomic E-state index is 0.0897. The molecule has 0 N–H and O–H groups in total. The summed E-state index contributed by atoms with van der Waals surface area (Å²) in [6, 6.07) is 16.2. The summed E-state index contributed by atoms with van der Waals surface area (Å²) in [6.07, 6.45) is 0. The van der Waals surface area contributed by atoms with Crippen molar-refractivity contribution in [2.75, 3.05) is 37.7 Å². The molecule has 6 heteroatoms. The average molecular weight is 378 g/mol. The smallest absolute Gasteiger partial charge is 0.289 e. The first-order valence-electron chi connectivity index (χ1n) is 9.46. The van der Waals surface area contributed by atoms with Gasteiger partial charge in [-0.25, -0.2) is 0 Å². The lowest BCUT2D eigenvalue weighted by Gasteiger charge is -2.36. The van der Waals surface area contributed by atoms with E-state index in [4.69, 9.17) is 9.15 Å². The molecular formula is C22H22N2O4. The third-order valence-corrected chi connectivity index (χ3v) is 4.92. The highest BCUT2D eigenvalue weighted by Crippen LogP contribution is 2.29. The summed E-state index contributed by atoms with van der Waals surface area (Å²) in [4.78, 5) is 29.1. The number of hydrogen-bond acceptors (Lipinski definition) is 5. The van der Waals surface area contributed by atoms with Crippen molar-refractivity contribution in [3.05, 3.63) is 70.6 Å². The largest absolute Gasteiger partial charge is 0.492 e. The molecule has 6 nitrogen and oxygen atoms in total. The summed E-state index contributed by atoms with van der Waals surface area (Å²) in [6.45, 7) is 5.05. The Kier molecular flexibility index (Phi) is 5.02. The highest BCUT2D eigenvalue weighted by molar-refractivity contribution is 5.93. The molecule has 1 saturated heterocycles. The highest BCUT2D eigenvalue weighted by atomic mass is 16.5. The Morgan fingerprint density at radius 1 is 1.04 bits per heavy atom. The number of hydrogen-bond donors (Lipinski definition) is 0. The maximum absolute atomic E-state index is 12.9. The van der Waals surface area contributed by atoms with Gasteiger partial charge in [0.15, 0.2) is 11.2 Å². The van der Waals surface area contributed by atoms with Crippen LogP contribution in [0.15, 0.2) is 63.8 Å². The molecule has 4 rings (SSSR count). The fraction of sp³-hybridized carbons (Fsp3) is 0.273. The van der Waals surface area contributed by atoms with Gasteiger partial charge in [0.25, 0.3) is 5.91 Å². The summed E-state index contributed by atoms with van der Waals surface area (Å²) in [5.41, 5.74) is 1.27. The van der Waals surface area contributed by atoms with E-state index >= 15 is 0 Å². The molecule has 0 atom stereocenters. The van der Waals surface area contributed by atoms with Gasteiger partial charge in [0.05, 0.1) is 17.7 Å². The van der Waals surface area contributed by atoms with E-state index in [1.54, 1.807) is 29.2 Å². The van der Waals surface area contributed by atoms with Gasteiger partial charge in [0, 0.05) is 32.2 Å². The van der Waals surface area contributed by atoms with Gasteiger partial charge in [-0.15, -0.1) is 0 Å². The number of nitrogens with zero attached hydrogens (tertiary/aromatic N) is 2. The fourth-order valence-corrected chi connectivity index (χ4v) is 3.51. The normalized spacial score (nSPS) is 14.3. The van der Waals surface area contributed by atoms with Crippen LogP contribution in [0.4, 0.5) is 5.69 Å². The predicted octanol–water partition coefficient (Wildman–Crippen LogP) is 3.15. The molecule has 3 aromatic rings. The Labute approximate surface area is 162 Å². The zero-order chi connectivity index (χ0) is 19.5. The van der Waals surface area contributed by atoms with Crippen molar-refractivity contribution >= 4 is 22.6 Å². The SMILES string of the molecule is CCOc1ccccc1N1CCN(C(=O)c2cc(=O)c3ccccc3o2)CC1. The Hall–Kier alpha value is -3.28. The van der Waals surface area contributed by atoms with Crippen LogP contribution >= 0.6 is 0 Å². The van der Waals surface area contributed by atoms with Crippen LogP contribution in [-0.4, -0.2) is 43.6 Å². The molecule has 28 heavy (non-hydrogen) atoms. The standard InChI is InChI=1S/C22H22N2O4/c1-2-27-20-10-6-4-8-17(20)23-11-13-24(14-12-23)22(26)21-15-18(25)16-7-3-5-9-19(16)28-21/h3-10,15H,2,11-14H2,1H3. The average Bonchev–Trinajstić information content (AvgIpc) is 2.74. The fourth-order valence-electron chi connectivity index (χ4n) is 3.51. The molecule has 2 aromatic carbocycles. The number of rotatable bonds is 4. The van der Waals surface area contributed by atoms with Crippen LogP contribution < -0.4 is 15.1 Å². The van der Waals surface area contributed by atoms with Crippen molar-refractivity contribution in [3.8, 4) is 5.75 Å². The molecule has 1 aliphatic rings. The molecule has 0 aliphatic carbocycles. The second-order valence-electron chi connectivity index (χ2n) is 6.65. The first-order chi connectivity index (χ1) is 13.7. The molecular weight excluding hydrogens is 356 g/mol. The zero-order valence-corrected chi connectivity index (χ0v) is 15.8. The van der Waals surface area contributed by atoms with Crippen LogP contribution in [0.3, 0.4) is 0 Å². The first-order valence-corrected chi connectivity index (χ1v) is 9.46. The third-order valence-electron chi connectivity index (χ3n) is 4.92. The molecule has 1 aromatic heterocycles. The number of amides is 1. The molecule has 2 heterocycles. The van der Waals surface area contributed by atoms with Gasteiger partial charge in [0.1, 0.15) is 11.3 Å². The molecule has 144 valence electrons. The van der Waals surface area contributed by atoms with Gasteiger partial charge >= 0.3 is 0 Å². The zero-order valence-electron chi connectivity index (χ0n) is 15.8. The molecule has 1 aliphatic heterocycles. The molecule has 0 unspecified atom stereocenters. The van der Waals surface area contributed by atoms with Crippen molar-refractivity contribution in [3.63, 3.8) is 0 Å². The van der Waals surface area contributed by atoms with E-state index in [1.165, 1.54) is 6.07 Å². The molecule has 0 spiro atoms. The topological polar surface area (TPSA) is 63.0 Å². The lowest BCUT2D eigenvalue weighted by atomic mass is 10.2. The van der Waals surface area contributed by atoms with Crippen molar-refractivity contribution in [2.24, 2.45) is 0 Å². The molecule has 1 fully saturated rings. The minimum atomic E-state index is -0.249. The van der Waals surface area contributed by atoms with E-state index in [-0.39, 0.29) is 17.1 Å². The van der Waals surface area contributed by atoms with Crippen molar-refractivity contribution < 1.29 is 13.9 Å². The molecule has 1 amide bonds. The van der Waals surface area contributed by atoms with Crippen LogP contribution in [0.1, 0.15) is 17.5 Å². The second kappa shape index (κ2) is 7.76. The number of anilines is 1. The molecule has 0 radical (unpaired) electrons. The van der Waals surface area contributed by atoms with Gasteiger partial charge in [-0.3, -0.25) is 9.59 Å². The number of para-hydroxylation sites is 3. The van der Waals surface area contributed by atoms with Crippen LogP contribution in [0.5, 0.6) is 5.75 Å². The Bertz CT molecular complexity index is 1050. The van der Waals surface area contributed by atoms with Crippen molar-refractivity contribution in [1.82, 2.24) is 4.90 Å². The lowest BCUT2D eigenvalue weighted by Crippen LogP contribution is -2.49. The van der Waals surface area contributed by atoms with E-state index in [0.717, 1.165) is 11.4 Å². The van der Waals surface area contributed by atoms with Crippen molar-refractivity contribution in [2.45, 2.75) is 6.92 Å². The van der Waals surface area contributed by atoms with E-state index in [0.29, 0.717) is 43.8 Å². The Morgan fingerprint density at radius 3 is 2.54 bits per heavy atom. The maximum Gasteiger partial charge on any atom is 0.289 e. The van der Waals surface area contributed by atoms with E-state index in [2.05, 4.69) is 4.90 Å². The van der Waals surface area contributed by atoms with E-state index < -0.39 is 0 Å². The summed E-state index contributed by atoms with van der Waals surface area (Å²) in [7, 11) is 0. The van der Waals surface area contributed by atoms with Gasteiger partial charge < -0.3 is 19.0 Å². The molecule has 0 saturated carbocycles. The van der Waals surface area contributed by atoms with E-state index in [9.17, 15) is 9.59 Å². The number of carbonyl (C=O) groups excluding carboxylic acids is 1. The number of fused-ring (bicyclic) bond motifs is 1. The summed E-state index contributed by atoms with van der Waals surface area (Å²) in [5.74, 6) is 0.692. The van der Waals surface area contributed by atoms with Gasteiger partial charge in [-0.2, -0.15) is 0 Å².